The zero-order chi connectivity index (χ0) is 14.7. The van der Waals surface area contributed by atoms with E-state index in [0.717, 1.165) is 30.8 Å². The van der Waals surface area contributed by atoms with Crippen LogP contribution in [0.3, 0.4) is 0 Å². The molecule has 3 rings (SSSR count). The molecule has 2 heterocycles. The van der Waals surface area contributed by atoms with Crippen molar-refractivity contribution < 1.29 is 4.42 Å². The summed E-state index contributed by atoms with van der Waals surface area (Å²) in [4.78, 5) is 4.84. The first-order chi connectivity index (χ1) is 10.2. The molecule has 1 aliphatic carbocycles. The lowest BCUT2D eigenvalue weighted by Crippen LogP contribution is -2.35. The van der Waals surface area contributed by atoms with Crippen molar-refractivity contribution in [3.63, 3.8) is 0 Å². The predicted octanol–water partition coefficient (Wildman–Crippen LogP) is 2.31. The Hall–Kier alpha value is -0.840. The molecule has 0 aromatic carbocycles. The lowest BCUT2D eigenvalue weighted by Gasteiger charge is -2.31. The second kappa shape index (κ2) is 6.95. The molecule has 118 valence electrons. The van der Waals surface area contributed by atoms with Crippen molar-refractivity contribution in [3.8, 4) is 0 Å². The molecule has 1 aliphatic heterocycles. The summed E-state index contributed by atoms with van der Waals surface area (Å²) in [5.74, 6) is 1.94. The summed E-state index contributed by atoms with van der Waals surface area (Å²) in [6.07, 6.45) is 7.24. The first kappa shape index (κ1) is 15.1. The summed E-state index contributed by atoms with van der Waals surface area (Å²) in [7, 11) is 4.43. The van der Waals surface area contributed by atoms with Gasteiger partial charge >= 0.3 is 0 Å². The molecule has 4 heteroatoms. The summed E-state index contributed by atoms with van der Waals surface area (Å²) in [5, 5.41) is 3.53. The maximum Gasteiger partial charge on any atom is 0.118 e. The number of nitrogens with one attached hydrogen (secondary N) is 1. The molecular formula is C17H29N3O. The van der Waals surface area contributed by atoms with Crippen molar-refractivity contribution >= 4 is 0 Å². The van der Waals surface area contributed by atoms with Gasteiger partial charge in [0.2, 0.25) is 0 Å². The fourth-order valence-corrected chi connectivity index (χ4v) is 3.17. The molecule has 2 fully saturated rings. The van der Waals surface area contributed by atoms with E-state index in [1.807, 2.05) is 6.26 Å². The number of nitrogens with zero attached hydrogens (tertiary/aromatic N) is 2. The third kappa shape index (κ3) is 4.83. The minimum Gasteiger partial charge on any atom is -0.468 e. The van der Waals surface area contributed by atoms with E-state index in [1.54, 1.807) is 0 Å². The van der Waals surface area contributed by atoms with Gasteiger partial charge < -0.3 is 14.6 Å². The third-order valence-corrected chi connectivity index (χ3v) is 4.71. The van der Waals surface area contributed by atoms with Crippen LogP contribution in [-0.4, -0.2) is 49.6 Å². The van der Waals surface area contributed by atoms with Crippen LogP contribution in [0, 0.1) is 5.92 Å². The second-order valence-corrected chi connectivity index (χ2v) is 7.02. The van der Waals surface area contributed by atoms with Gasteiger partial charge in [-0.15, -0.1) is 0 Å². The molecule has 1 N–H and O–H groups in total. The van der Waals surface area contributed by atoms with Gasteiger partial charge in [-0.3, -0.25) is 4.90 Å². The van der Waals surface area contributed by atoms with E-state index in [4.69, 9.17) is 4.42 Å². The standard InChI is InChI=1S/C17H29N3O/c1-19-7-5-14(6-8-19)11-20(2)12-17-9-15(13-21-17)10-18-16-3-4-16/h9,13-14,16,18H,3-8,10-12H2,1-2H3. The molecule has 0 unspecified atom stereocenters. The average Bonchev–Trinajstić information content (AvgIpc) is 3.19. The van der Waals surface area contributed by atoms with Gasteiger partial charge in [0, 0.05) is 24.7 Å². The number of piperidine rings is 1. The van der Waals surface area contributed by atoms with Gasteiger partial charge in [0.05, 0.1) is 12.8 Å². The fraction of sp³-hybridized carbons (Fsp3) is 0.765. The maximum atomic E-state index is 5.70. The fourth-order valence-electron chi connectivity index (χ4n) is 3.17. The van der Waals surface area contributed by atoms with E-state index in [1.165, 1.54) is 50.9 Å². The topological polar surface area (TPSA) is 31.6 Å². The molecule has 0 spiro atoms. The van der Waals surface area contributed by atoms with Crippen molar-refractivity contribution in [1.29, 1.82) is 0 Å². The van der Waals surface area contributed by atoms with Crippen LogP contribution in [0.5, 0.6) is 0 Å². The minimum absolute atomic E-state index is 0.760. The van der Waals surface area contributed by atoms with Gasteiger partial charge in [-0.2, -0.15) is 0 Å². The van der Waals surface area contributed by atoms with Gasteiger partial charge in [0.25, 0.3) is 0 Å². The van der Waals surface area contributed by atoms with E-state index in [0.29, 0.717) is 0 Å². The number of rotatable bonds is 7. The highest BCUT2D eigenvalue weighted by Crippen LogP contribution is 2.20. The predicted molar refractivity (Wildman–Crippen MR) is 85.1 cm³/mol. The lowest BCUT2D eigenvalue weighted by atomic mass is 9.97. The summed E-state index contributed by atoms with van der Waals surface area (Å²) < 4.78 is 5.70. The van der Waals surface area contributed by atoms with Crippen LogP contribution in [0.2, 0.25) is 0 Å². The molecule has 0 atom stereocenters. The Morgan fingerprint density at radius 3 is 2.76 bits per heavy atom. The molecule has 1 saturated heterocycles. The first-order valence-corrected chi connectivity index (χ1v) is 8.36. The van der Waals surface area contributed by atoms with Crippen LogP contribution in [0.15, 0.2) is 16.7 Å². The zero-order valence-corrected chi connectivity index (χ0v) is 13.5. The Morgan fingerprint density at radius 1 is 1.29 bits per heavy atom. The highest BCUT2D eigenvalue weighted by Gasteiger charge is 2.21. The zero-order valence-electron chi connectivity index (χ0n) is 13.5. The van der Waals surface area contributed by atoms with Crippen molar-refractivity contribution in [1.82, 2.24) is 15.1 Å². The largest absolute Gasteiger partial charge is 0.468 e. The van der Waals surface area contributed by atoms with Gasteiger partial charge in [-0.1, -0.05) is 0 Å². The summed E-state index contributed by atoms with van der Waals surface area (Å²) in [6, 6.07) is 2.97. The molecular weight excluding hydrogens is 262 g/mol. The van der Waals surface area contributed by atoms with E-state index in [9.17, 15) is 0 Å². The molecule has 1 aromatic heterocycles. The van der Waals surface area contributed by atoms with Crippen molar-refractivity contribution in [2.24, 2.45) is 5.92 Å². The smallest absolute Gasteiger partial charge is 0.118 e. The molecule has 21 heavy (non-hydrogen) atoms. The highest BCUT2D eigenvalue weighted by molar-refractivity contribution is 5.13. The van der Waals surface area contributed by atoms with Crippen molar-refractivity contribution in [2.45, 2.75) is 44.8 Å². The molecule has 2 aliphatic rings. The second-order valence-electron chi connectivity index (χ2n) is 7.02. The Morgan fingerprint density at radius 2 is 2.05 bits per heavy atom. The van der Waals surface area contributed by atoms with Crippen LogP contribution in [-0.2, 0) is 13.1 Å². The molecule has 1 saturated carbocycles. The van der Waals surface area contributed by atoms with Gasteiger partial charge in [0.1, 0.15) is 5.76 Å². The molecule has 0 amide bonds. The summed E-state index contributed by atoms with van der Waals surface area (Å²) in [6.45, 7) is 5.55. The van der Waals surface area contributed by atoms with Crippen LogP contribution in [0.4, 0.5) is 0 Å². The van der Waals surface area contributed by atoms with Crippen LogP contribution >= 0.6 is 0 Å². The van der Waals surface area contributed by atoms with E-state index < -0.39 is 0 Å². The quantitative estimate of drug-likeness (QED) is 0.835. The van der Waals surface area contributed by atoms with E-state index >= 15 is 0 Å². The Balaban J connectivity index is 1.40. The highest BCUT2D eigenvalue weighted by atomic mass is 16.3. The normalized spacial score (nSPS) is 21.3. The van der Waals surface area contributed by atoms with E-state index in [2.05, 4.69) is 35.3 Å². The van der Waals surface area contributed by atoms with Crippen LogP contribution in [0.25, 0.3) is 0 Å². The van der Waals surface area contributed by atoms with Gasteiger partial charge in [0.15, 0.2) is 0 Å². The SMILES string of the molecule is CN1CCC(CN(C)Cc2cc(CNC3CC3)co2)CC1. The molecule has 0 radical (unpaired) electrons. The van der Waals surface area contributed by atoms with Crippen LogP contribution < -0.4 is 5.32 Å². The maximum absolute atomic E-state index is 5.70. The average molecular weight is 291 g/mol. The lowest BCUT2D eigenvalue weighted by molar-refractivity contribution is 0.168. The number of likely N-dealkylation sites (tertiary alicyclic amines) is 1. The van der Waals surface area contributed by atoms with Crippen molar-refractivity contribution in [2.75, 3.05) is 33.7 Å². The molecule has 0 bridgehead atoms. The van der Waals surface area contributed by atoms with Gasteiger partial charge in [-0.05, 0) is 64.9 Å². The van der Waals surface area contributed by atoms with Crippen molar-refractivity contribution in [3.05, 3.63) is 23.7 Å². The summed E-state index contributed by atoms with van der Waals surface area (Å²) >= 11 is 0. The Kier molecular flexibility index (Phi) is 4.99. The molecule has 4 nitrogen and oxygen atoms in total. The van der Waals surface area contributed by atoms with Gasteiger partial charge in [-0.25, -0.2) is 0 Å². The monoisotopic (exact) mass is 291 g/mol. The third-order valence-electron chi connectivity index (χ3n) is 4.71. The minimum atomic E-state index is 0.760. The Bertz CT molecular complexity index is 433. The summed E-state index contributed by atoms with van der Waals surface area (Å²) in [5.41, 5.74) is 1.28. The van der Waals surface area contributed by atoms with E-state index in [-0.39, 0.29) is 0 Å². The molecule has 1 aromatic rings. The first-order valence-electron chi connectivity index (χ1n) is 8.36. The number of hydrogen-bond donors (Lipinski definition) is 1. The number of hydrogen-bond acceptors (Lipinski definition) is 4. The Labute approximate surface area is 128 Å². The van der Waals surface area contributed by atoms with Crippen LogP contribution in [0.1, 0.15) is 37.0 Å². The number of furan rings is 1.